The number of aromatic nitrogens is 2. The molecule has 0 amide bonds. The third-order valence-corrected chi connectivity index (χ3v) is 5.58. The van der Waals surface area contributed by atoms with E-state index in [-0.39, 0.29) is 0 Å². The van der Waals surface area contributed by atoms with Crippen molar-refractivity contribution in [3.05, 3.63) is 60.3 Å². The summed E-state index contributed by atoms with van der Waals surface area (Å²) in [7, 11) is 0. The lowest BCUT2D eigenvalue weighted by molar-refractivity contribution is -0.00586. The fourth-order valence-corrected chi connectivity index (χ4v) is 3.81. The van der Waals surface area contributed by atoms with Crippen molar-refractivity contribution in [2.75, 3.05) is 39.5 Å². The predicted molar refractivity (Wildman–Crippen MR) is 130 cm³/mol. The summed E-state index contributed by atoms with van der Waals surface area (Å²) >= 11 is 0. The summed E-state index contributed by atoms with van der Waals surface area (Å²) in [5.74, 6) is 1.36. The Hall–Kier alpha value is -3.36. The zero-order chi connectivity index (χ0) is 23.5. The number of hydrogen-bond acceptors (Lipinski definition) is 7. The van der Waals surface area contributed by atoms with E-state index in [1.165, 1.54) is 0 Å². The van der Waals surface area contributed by atoms with Gasteiger partial charge in [-0.1, -0.05) is 5.16 Å². The van der Waals surface area contributed by atoms with E-state index in [4.69, 9.17) is 18.7 Å². The van der Waals surface area contributed by atoms with Crippen molar-refractivity contribution < 1.29 is 18.7 Å². The summed E-state index contributed by atoms with van der Waals surface area (Å²) in [6.07, 6.45) is 3.74. The van der Waals surface area contributed by atoms with Crippen LogP contribution in [-0.2, 0) is 9.57 Å². The van der Waals surface area contributed by atoms with E-state index < -0.39 is 5.60 Å². The second kappa shape index (κ2) is 9.48. The summed E-state index contributed by atoms with van der Waals surface area (Å²) in [5.41, 5.74) is 2.00. The molecule has 0 radical (unpaired) electrons. The van der Waals surface area contributed by atoms with Crippen LogP contribution in [0.2, 0.25) is 0 Å². The maximum Gasteiger partial charge on any atom is 0.155 e. The molecular weight excluding hydrogens is 432 g/mol. The zero-order valence-electron chi connectivity index (χ0n) is 19.9. The molecule has 1 aliphatic rings. The molecule has 4 heterocycles. The van der Waals surface area contributed by atoms with Gasteiger partial charge in [0.1, 0.15) is 34.6 Å². The normalized spacial score (nSPS) is 15.8. The number of nitrogens with zero attached hydrogens (tertiary/aromatic N) is 4. The minimum atomic E-state index is -0.412. The lowest BCUT2D eigenvalue weighted by atomic mass is 10.2. The van der Waals surface area contributed by atoms with Gasteiger partial charge in [0.05, 0.1) is 19.5 Å². The van der Waals surface area contributed by atoms with E-state index in [9.17, 15) is 0 Å². The van der Waals surface area contributed by atoms with Crippen LogP contribution in [0.25, 0.3) is 27.9 Å². The summed E-state index contributed by atoms with van der Waals surface area (Å²) < 4.78 is 19.7. The molecule has 0 aliphatic carbocycles. The highest BCUT2D eigenvalue weighted by molar-refractivity contribution is 5.79. The van der Waals surface area contributed by atoms with Gasteiger partial charge < -0.3 is 23.1 Å². The minimum Gasteiger partial charge on any atom is -0.492 e. The molecule has 4 aromatic rings. The average Bonchev–Trinajstić information content (AvgIpc) is 3.30. The Morgan fingerprint density at radius 2 is 1.94 bits per heavy atom. The molecule has 0 spiro atoms. The van der Waals surface area contributed by atoms with E-state index in [0.717, 1.165) is 55.2 Å². The molecule has 3 aromatic heterocycles. The van der Waals surface area contributed by atoms with Crippen LogP contribution in [0, 0.1) is 0 Å². The molecule has 0 N–H and O–H groups in total. The first-order valence-corrected chi connectivity index (χ1v) is 11.6. The summed E-state index contributed by atoms with van der Waals surface area (Å²) in [6, 6.07) is 13.7. The van der Waals surface area contributed by atoms with Crippen LogP contribution in [0.1, 0.15) is 20.8 Å². The molecule has 0 saturated carbocycles. The Labute approximate surface area is 198 Å². The molecule has 0 bridgehead atoms. The average molecular weight is 463 g/mol. The van der Waals surface area contributed by atoms with Crippen molar-refractivity contribution in [1.29, 1.82) is 0 Å². The van der Waals surface area contributed by atoms with Gasteiger partial charge in [-0.05, 0) is 51.1 Å². The standard InChI is InChI=1S/C26H30N4O4/c1-26(2,3)34-28-22-17-25(23-15-19-5-4-8-30(19)18-27-23)33-24-16-20(6-7-21(22)24)32-14-11-29-9-12-31-13-10-29/h4-8,15-18H,9-14H2,1-3H3. The van der Waals surface area contributed by atoms with Crippen molar-refractivity contribution >= 4 is 16.5 Å². The Kier molecular flexibility index (Phi) is 6.26. The van der Waals surface area contributed by atoms with Crippen molar-refractivity contribution in [2.45, 2.75) is 26.4 Å². The highest BCUT2D eigenvalue weighted by Gasteiger charge is 2.14. The molecule has 8 heteroatoms. The maximum absolute atomic E-state index is 6.29. The summed E-state index contributed by atoms with van der Waals surface area (Å²) in [5, 5.41) is 5.97. The van der Waals surface area contributed by atoms with Gasteiger partial charge in [-0.2, -0.15) is 0 Å². The second-order valence-corrected chi connectivity index (χ2v) is 9.37. The SMILES string of the molecule is CC(C)(C)ON=c1cc(-c2cc3cccn3cn2)oc2cc(OCCN3CCOCC3)ccc12. The number of morpholine rings is 1. The lowest BCUT2D eigenvalue weighted by Crippen LogP contribution is -2.38. The molecule has 34 heavy (non-hydrogen) atoms. The molecule has 1 aromatic carbocycles. The van der Waals surface area contributed by atoms with Gasteiger partial charge in [-0.25, -0.2) is 4.98 Å². The molecule has 1 saturated heterocycles. The number of ether oxygens (including phenoxy) is 2. The van der Waals surface area contributed by atoms with Crippen LogP contribution in [0.3, 0.4) is 0 Å². The van der Waals surface area contributed by atoms with Crippen LogP contribution in [-0.4, -0.2) is 59.3 Å². The van der Waals surface area contributed by atoms with Crippen LogP contribution in [0.5, 0.6) is 5.75 Å². The van der Waals surface area contributed by atoms with Crippen LogP contribution in [0.15, 0.2) is 64.6 Å². The fraction of sp³-hybridized carbons (Fsp3) is 0.385. The maximum atomic E-state index is 6.29. The highest BCUT2D eigenvalue weighted by Crippen LogP contribution is 2.25. The van der Waals surface area contributed by atoms with Crippen LogP contribution < -0.4 is 10.1 Å². The number of rotatable bonds is 6. The quantitative estimate of drug-likeness (QED) is 0.402. The van der Waals surface area contributed by atoms with E-state index >= 15 is 0 Å². The highest BCUT2D eigenvalue weighted by atomic mass is 16.6. The first-order valence-electron chi connectivity index (χ1n) is 11.6. The van der Waals surface area contributed by atoms with E-state index in [1.807, 2.05) is 73.8 Å². The minimum absolute atomic E-state index is 0.412. The Morgan fingerprint density at radius 3 is 2.76 bits per heavy atom. The molecule has 5 rings (SSSR count). The molecular formula is C26H30N4O4. The summed E-state index contributed by atoms with van der Waals surface area (Å²) in [6.45, 7) is 10.8. The largest absolute Gasteiger partial charge is 0.492 e. The topological polar surface area (TPSA) is 73.7 Å². The Balaban J connectivity index is 1.48. The van der Waals surface area contributed by atoms with Gasteiger partial charge >= 0.3 is 0 Å². The third-order valence-electron chi connectivity index (χ3n) is 5.58. The first-order chi connectivity index (χ1) is 16.4. The number of hydrogen-bond donors (Lipinski definition) is 0. The molecule has 1 aliphatic heterocycles. The molecule has 178 valence electrons. The van der Waals surface area contributed by atoms with Gasteiger partial charge in [0, 0.05) is 48.9 Å². The van der Waals surface area contributed by atoms with E-state index in [2.05, 4.69) is 15.0 Å². The second-order valence-electron chi connectivity index (χ2n) is 9.37. The van der Waals surface area contributed by atoms with E-state index in [1.54, 1.807) is 6.33 Å². The Morgan fingerprint density at radius 1 is 1.09 bits per heavy atom. The summed E-state index contributed by atoms with van der Waals surface area (Å²) in [4.78, 5) is 12.7. The number of fused-ring (bicyclic) bond motifs is 2. The first kappa shape index (κ1) is 22.4. The lowest BCUT2D eigenvalue weighted by Gasteiger charge is -2.26. The monoisotopic (exact) mass is 462 g/mol. The van der Waals surface area contributed by atoms with Gasteiger partial charge in [0.2, 0.25) is 0 Å². The van der Waals surface area contributed by atoms with Gasteiger partial charge in [0.15, 0.2) is 5.76 Å². The predicted octanol–water partition coefficient (Wildman–Crippen LogP) is 4.09. The van der Waals surface area contributed by atoms with Crippen LogP contribution in [0.4, 0.5) is 0 Å². The number of benzene rings is 1. The van der Waals surface area contributed by atoms with Gasteiger partial charge in [0.25, 0.3) is 0 Å². The van der Waals surface area contributed by atoms with Crippen molar-refractivity contribution in [2.24, 2.45) is 5.16 Å². The van der Waals surface area contributed by atoms with E-state index in [0.29, 0.717) is 23.3 Å². The van der Waals surface area contributed by atoms with Gasteiger partial charge in [-0.3, -0.25) is 4.90 Å². The smallest absolute Gasteiger partial charge is 0.155 e. The van der Waals surface area contributed by atoms with Crippen molar-refractivity contribution in [1.82, 2.24) is 14.3 Å². The molecule has 8 nitrogen and oxygen atoms in total. The van der Waals surface area contributed by atoms with Crippen LogP contribution >= 0.6 is 0 Å². The molecule has 1 fully saturated rings. The van der Waals surface area contributed by atoms with Crippen molar-refractivity contribution in [3.63, 3.8) is 0 Å². The molecule has 0 atom stereocenters. The zero-order valence-corrected chi connectivity index (χ0v) is 19.9. The third kappa shape index (κ3) is 5.24. The Bertz CT molecular complexity index is 1350. The fourth-order valence-electron chi connectivity index (χ4n) is 3.81. The van der Waals surface area contributed by atoms with Crippen molar-refractivity contribution in [3.8, 4) is 17.2 Å². The molecule has 0 unspecified atom stereocenters. The van der Waals surface area contributed by atoms with Gasteiger partial charge in [-0.15, -0.1) is 0 Å².